The molecule has 1 aromatic carbocycles. The van der Waals surface area contributed by atoms with Crippen LogP contribution in [0.1, 0.15) is 49.7 Å². The molecule has 0 radical (unpaired) electrons. The molecule has 0 heterocycles. The minimum atomic E-state index is -0.589. The highest BCUT2D eigenvalue weighted by molar-refractivity contribution is 6.32. The third-order valence-corrected chi connectivity index (χ3v) is 7.31. The molecular weight excluding hydrogens is 378 g/mol. The number of halogens is 1. The average Bonchev–Trinajstić information content (AvgIpc) is 2.60. The Hall–Kier alpha value is -1.95. The lowest BCUT2D eigenvalue weighted by Gasteiger charge is -2.59. The molecule has 4 bridgehead atoms. The molecule has 0 saturated heterocycles. The summed E-state index contributed by atoms with van der Waals surface area (Å²) in [6.07, 6.45) is 6.53. The molecule has 0 unspecified atom stereocenters. The first-order valence-corrected chi connectivity index (χ1v) is 10.4. The minimum absolute atomic E-state index is 0.184. The molecule has 5 rings (SSSR count). The number of carbonyl (C=O) groups is 2. The third-order valence-electron chi connectivity index (χ3n) is 6.72. The highest BCUT2D eigenvalue weighted by Gasteiger charge is 2.55. The zero-order valence-corrected chi connectivity index (χ0v) is 17.2. The number of ether oxygens (including phenoxy) is 1. The van der Waals surface area contributed by atoms with Gasteiger partial charge < -0.3 is 10.5 Å². The van der Waals surface area contributed by atoms with Gasteiger partial charge in [0.2, 0.25) is 0 Å². The summed E-state index contributed by atoms with van der Waals surface area (Å²) < 4.78 is 5.63. The minimum Gasteiger partial charge on any atom is -0.484 e. The van der Waals surface area contributed by atoms with Gasteiger partial charge in [0.15, 0.2) is 6.61 Å². The van der Waals surface area contributed by atoms with Gasteiger partial charge in [0.05, 0.1) is 5.54 Å². The Kier molecular flexibility index (Phi) is 4.94. The van der Waals surface area contributed by atoms with Crippen molar-refractivity contribution in [3.8, 4) is 5.75 Å². The van der Waals surface area contributed by atoms with E-state index in [0.29, 0.717) is 28.5 Å². The number of nitrogens with zero attached hydrogens (tertiary/aromatic N) is 1. The van der Waals surface area contributed by atoms with Crippen LogP contribution in [0.4, 0.5) is 4.79 Å². The van der Waals surface area contributed by atoms with Crippen molar-refractivity contribution >= 4 is 23.5 Å². The van der Waals surface area contributed by atoms with E-state index >= 15 is 0 Å². The molecule has 0 spiro atoms. The van der Waals surface area contributed by atoms with E-state index in [1.54, 1.807) is 12.1 Å². The van der Waals surface area contributed by atoms with Crippen LogP contribution >= 0.6 is 11.6 Å². The van der Waals surface area contributed by atoms with Gasteiger partial charge in [-0.3, -0.25) is 10.2 Å². The number of hydrogen-bond donors (Lipinski definition) is 2. The Balaban J connectivity index is 1.43. The van der Waals surface area contributed by atoms with Gasteiger partial charge in [-0.1, -0.05) is 11.6 Å². The van der Waals surface area contributed by atoms with Gasteiger partial charge in [-0.25, -0.2) is 9.80 Å². The Labute approximate surface area is 170 Å². The molecule has 152 valence electrons. The topological polar surface area (TPSA) is 84.7 Å². The van der Waals surface area contributed by atoms with Gasteiger partial charge in [-0.2, -0.15) is 0 Å². The van der Waals surface area contributed by atoms with Gasteiger partial charge in [0, 0.05) is 5.02 Å². The number of amides is 3. The number of primary amides is 1. The van der Waals surface area contributed by atoms with Crippen molar-refractivity contribution in [2.75, 3.05) is 6.61 Å². The van der Waals surface area contributed by atoms with Crippen molar-refractivity contribution in [2.24, 2.45) is 23.5 Å². The Morgan fingerprint density at radius 2 is 1.64 bits per heavy atom. The molecule has 0 aromatic heterocycles. The lowest BCUT2D eigenvalue weighted by atomic mass is 9.53. The van der Waals surface area contributed by atoms with Crippen LogP contribution in [0.25, 0.3) is 0 Å². The number of carbonyl (C=O) groups excluding carboxylic acids is 2. The van der Waals surface area contributed by atoms with Crippen molar-refractivity contribution in [2.45, 2.75) is 57.9 Å². The maximum atomic E-state index is 12.5. The van der Waals surface area contributed by atoms with E-state index in [9.17, 15) is 9.59 Å². The lowest BCUT2D eigenvalue weighted by molar-refractivity contribution is -0.136. The van der Waals surface area contributed by atoms with E-state index in [1.165, 1.54) is 24.3 Å². The van der Waals surface area contributed by atoms with E-state index in [2.05, 4.69) is 5.43 Å². The zero-order chi connectivity index (χ0) is 20.1. The number of aryl methyl sites for hydroxylation is 2. The average molecular weight is 406 g/mol. The highest BCUT2D eigenvalue weighted by atomic mass is 35.5. The molecular formula is C21H28ClN3O3. The first kappa shape index (κ1) is 19.4. The van der Waals surface area contributed by atoms with Crippen LogP contribution < -0.4 is 15.9 Å². The summed E-state index contributed by atoms with van der Waals surface area (Å²) in [5, 5.41) is 2.11. The van der Waals surface area contributed by atoms with E-state index in [-0.39, 0.29) is 18.1 Å². The summed E-state index contributed by atoms with van der Waals surface area (Å²) in [4.78, 5) is 24.8. The number of nitrogens with two attached hydrogens (primary N) is 1. The number of hydrazine groups is 1. The van der Waals surface area contributed by atoms with Crippen LogP contribution in [0.15, 0.2) is 12.1 Å². The van der Waals surface area contributed by atoms with Crippen molar-refractivity contribution in [3.63, 3.8) is 0 Å². The largest absolute Gasteiger partial charge is 0.484 e. The summed E-state index contributed by atoms with van der Waals surface area (Å²) in [6.45, 7) is 3.60. The Morgan fingerprint density at radius 1 is 1.14 bits per heavy atom. The summed E-state index contributed by atoms with van der Waals surface area (Å²) in [6, 6.07) is 3.01. The fourth-order valence-corrected chi connectivity index (χ4v) is 6.15. The molecule has 4 saturated carbocycles. The number of urea groups is 1. The zero-order valence-electron chi connectivity index (χ0n) is 16.5. The molecule has 4 aliphatic carbocycles. The molecule has 3 N–H and O–H groups in total. The third kappa shape index (κ3) is 3.54. The van der Waals surface area contributed by atoms with E-state index in [4.69, 9.17) is 22.1 Å². The molecule has 28 heavy (non-hydrogen) atoms. The standard InChI is InChI=1S/C21H28ClN3O3/c1-12-3-17(4-13(2)19(12)22)28-11-18(26)24-25(20(23)27)21-8-14-5-15(9-21)7-16(6-14)10-21/h3-4,14-16H,5-11H2,1-2H3,(H2,23,27)(H,24,26). The quantitative estimate of drug-likeness (QED) is 0.748. The summed E-state index contributed by atoms with van der Waals surface area (Å²) in [5.74, 6) is 2.12. The predicted octanol–water partition coefficient (Wildman–Crippen LogP) is 3.72. The summed E-state index contributed by atoms with van der Waals surface area (Å²) in [7, 11) is 0. The van der Waals surface area contributed by atoms with Crippen molar-refractivity contribution < 1.29 is 14.3 Å². The number of benzene rings is 1. The molecule has 4 aliphatic rings. The van der Waals surface area contributed by atoms with Crippen LogP contribution in [0.2, 0.25) is 5.02 Å². The summed E-state index contributed by atoms with van der Waals surface area (Å²) in [5.41, 5.74) is 9.90. The van der Waals surface area contributed by atoms with E-state index in [0.717, 1.165) is 30.4 Å². The second-order valence-corrected chi connectivity index (χ2v) is 9.39. The van der Waals surface area contributed by atoms with Crippen LogP contribution in [0, 0.1) is 31.6 Å². The van der Waals surface area contributed by atoms with Gasteiger partial charge in [0.25, 0.3) is 5.91 Å². The monoisotopic (exact) mass is 405 g/mol. The molecule has 6 nitrogen and oxygen atoms in total. The van der Waals surface area contributed by atoms with Crippen LogP contribution in [0.5, 0.6) is 5.75 Å². The second kappa shape index (κ2) is 7.14. The molecule has 4 fully saturated rings. The molecule has 0 aliphatic heterocycles. The van der Waals surface area contributed by atoms with Crippen LogP contribution in [0.3, 0.4) is 0 Å². The molecule has 7 heteroatoms. The maximum Gasteiger partial charge on any atom is 0.334 e. The normalized spacial score (nSPS) is 30.2. The van der Waals surface area contributed by atoms with Gasteiger partial charge in [-0.15, -0.1) is 0 Å². The molecule has 1 aromatic rings. The van der Waals surface area contributed by atoms with Gasteiger partial charge in [-0.05, 0) is 93.4 Å². The number of rotatable bonds is 4. The first-order valence-electron chi connectivity index (χ1n) is 10.0. The number of hydrogen-bond acceptors (Lipinski definition) is 3. The van der Waals surface area contributed by atoms with Gasteiger partial charge in [0.1, 0.15) is 5.75 Å². The molecule has 3 amide bonds. The van der Waals surface area contributed by atoms with Crippen LogP contribution in [-0.4, -0.2) is 29.1 Å². The fraction of sp³-hybridized carbons (Fsp3) is 0.619. The smallest absolute Gasteiger partial charge is 0.334 e. The Bertz CT molecular complexity index is 752. The first-order chi connectivity index (χ1) is 13.3. The second-order valence-electron chi connectivity index (χ2n) is 9.01. The van der Waals surface area contributed by atoms with E-state index in [1.807, 2.05) is 13.8 Å². The van der Waals surface area contributed by atoms with Crippen molar-refractivity contribution in [1.29, 1.82) is 0 Å². The predicted molar refractivity (Wildman–Crippen MR) is 107 cm³/mol. The molecule has 0 atom stereocenters. The lowest BCUT2D eigenvalue weighted by Crippen LogP contribution is -2.67. The van der Waals surface area contributed by atoms with E-state index < -0.39 is 6.03 Å². The SMILES string of the molecule is Cc1cc(OCC(=O)NN(C(N)=O)C23CC4CC(CC(C4)C2)C3)cc(C)c1Cl. The Morgan fingerprint density at radius 3 is 2.11 bits per heavy atom. The maximum absolute atomic E-state index is 12.5. The fourth-order valence-electron chi connectivity index (χ4n) is 6.04. The van der Waals surface area contributed by atoms with Gasteiger partial charge >= 0.3 is 6.03 Å². The number of nitrogens with one attached hydrogen (secondary N) is 1. The summed E-state index contributed by atoms with van der Waals surface area (Å²) >= 11 is 6.17. The van der Waals surface area contributed by atoms with Crippen LogP contribution in [-0.2, 0) is 4.79 Å². The van der Waals surface area contributed by atoms with Crippen molar-refractivity contribution in [1.82, 2.24) is 10.4 Å². The highest BCUT2D eigenvalue weighted by Crippen LogP contribution is 2.57. The van der Waals surface area contributed by atoms with Crippen molar-refractivity contribution in [3.05, 3.63) is 28.3 Å².